The van der Waals surface area contributed by atoms with E-state index < -0.39 is 5.92 Å². The van der Waals surface area contributed by atoms with Gasteiger partial charge in [0.15, 0.2) is 0 Å². The molecule has 3 N–H and O–H groups in total. The number of hydrogen-bond acceptors (Lipinski definition) is 7. The summed E-state index contributed by atoms with van der Waals surface area (Å²) in [5.74, 6) is -3.39. The van der Waals surface area contributed by atoms with Crippen molar-refractivity contribution in [3.8, 4) is 5.75 Å². The first kappa shape index (κ1) is 27.1. The molecule has 2 fully saturated rings. The Labute approximate surface area is 217 Å². The Morgan fingerprint density at radius 2 is 1.92 bits per heavy atom. The van der Waals surface area contributed by atoms with Crippen molar-refractivity contribution in [2.75, 3.05) is 58.7 Å². The molecule has 0 bridgehead atoms. The lowest BCUT2D eigenvalue weighted by atomic mass is 9.95. The Hall–Kier alpha value is -1.94. The van der Waals surface area contributed by atoms with Crippen molar-refractivity contribution in [1.29, 1.82) is 5.41 Å². The van der Waals surface area contributed by atoms with Crippen LogP contribution in [0.4, 0.5) is 8.78 Å². The van der Waals surface area contributed by atoms with Crippen LogP contribution in [0.5, 0.6) is 5.75 Å². The number of alkyl halides is 2. The minimum absolute atomic E-state index is 0.0772. The molecule has 9 heteroatoms. The maximum Gasteiger partial charge on any atom is 0.270 e. The van der Waals surface area contributed by atoms with Crippen molar-refractivity contribution in [2.45, 2.75) is 43.4 Å². The molecule has 0 spiro atoms. The normalized spacial score (nSPS) is 23.9. The summed E-state index contributed by atoms with van der Waals surface area (Å²) in [6.45, 7) is 12.2. The van der Waals surface area contributed by atoms with E-state index in [1.165, 1.54) is 31.6 Å². The smallest absolute Gasteiger partial charge is 0.270 e. The topological polar surface area (TPSA) is 71.8 Å². The van der Waals surface area contributed by atoms with Crippen molar-refractivity contribution in [1.82, 2.24) is 15.1 Å². The molecule has 3 heterocycles. The Balaban J connectivity index is 1.36. The SMILES string of the molecule is C=C(N[C@@H]1CCCN(CCN2CCC(SC)C2)C1)C1=C(C(=N)c2ccc(C(C)(F)F)cc2O)COC1. The van der Waals surface area contributed by atoms with E-state index in [2.05, 4.69) is 28.0 Å². The fraction of sp³-hybridized carbons (Fsp3) is 0.593. The van der Waals surface area contributed by atoms with Crippen LogP contribution in [0, 0.1) is 5.41 Å². The fourth-order valence-corrected chi connectivity index (χ4v) is 5.99. The molecule has 2 atom stereocenters. The first-order chi connectivity index (χ1) is 17.2. The molecule has 3 aliphatic rings. The number of phenolic OH excluding ortho intramolecular Hbond substituents is 1. The van der Waals surface area contributed by atoms with E-state index in [0.717, 1.165) is 68.5 Å². The lowest BCUT2D eigenvalue weighted by molar-refractivity contribution is 0.0172. The summed E-state index contributed by atoms with van der Waals surface area (Å²) in [6.07, 6.45) is 5.67. The van der Waals surface area contributed by atoms with E-state index >= 15 is 0 Å². The van der Waals surface area contributed by atoms with E-state index in [1.807, 2.05) is 11.8 Å². The molecule has 6 nitrogen and oxygen atoms in total. The van der Waals surface area contributed by atoms with Crippen molar-refractivity contribution >= 4 is 17.5 Å². The molecule has 198 valence electrons. The van der Waals surface area contributed by atoms with Crippen molar-refractivity contribution in [3.05, 3.63) is 52.7 Å². The number of hydrogen-bond donors (Lipinski definition) is 3. The second-order valence-corrected chi connectivity index (χ2v) is 11.3. The number of nitrogens with zero attached hydrogens (tertiary/aromatic N) is 2. The van der Waals surface area contributed by atoms with Gasteiger partial charge >= 0.3 is 0 Å². The van der Waals surface area contributed by atoms with Crippen molar-refractivity contribution in [2.24, 2.45) is 0 Å². The highest BCUT2D eigenvalue weighted by Gasteiger charge is 2.29. The van der Waals surface area contributed by atoms with Crippen LogP contribution < -0.4 is 5.32 Å². The number of benzene rings is 1. The number of aromatic hydroxyl groups is 1. The summed E-state index contributed by atoms with van der Waals surface area (Å²) in [6, 6.07) is 3.94. The van der Waals surface area contributed by atoms with Crippen molar-refractivity contribution < 1.29 is 18.6 Å². The maximum absolute atomic E-state index is 13.6. The van der Waals surface area contributed by atoms with Gasteiger partial charge in [0.25, 0.3) is 5.92 Å². The van der Waals surface area contributed by atoms with Gasteiger partial charge in [0, 0.05) is 72.4 Å². The van der Waals surface area contributed by atoms with Gasteiger partial charge in [0.1, 0.15) is 5.75 Å². The van der Waals surface area contributed by atoms with Crippen LogP contribution in [-0.2, 0) is 10.7 Å². The third-order valence-corrected chi connectivity index (χ3v) is 8.53. The number of piperidine rings is 1. The molecule has 3 aliphatic heterocycles. The number of nitrogens with one attached hydrogen (secondary N) is 2. The molecular weight excluding hydrogens is 482 g/mol. The third-order valence-electron chi connectivity index (χ3n) is 7.48. The summed E-state index contributed by atoms with van der Waals surface area (Å²) < 4.78 is 32.9. The highest BCUT2D eigenvalue weighted by Crippen LogP contribution is 2.33. The van der Waals surface area contributed by atoms with Gasteiger partial charge in [0.2, 0.25) is 0 Å². The summed E-state index contributed by atoms with van der Waals surface area (Å²) in [4.78, 5) is 5.09. The molecule has 0 saturated carbocycles. The molecule has 0 aliphatic carbocycles. The Morgan fingerprint density at radius 1 is 1.19 bits per heavy atom. The van der Waals surface area contributed by atoms with Crippen LogP contribution in [0.2, 0.25) is 0 Å². The standard InChI is InChI=1S/C27H38F2N4O2S/c1-18(31-20-5-4-9-32(14-20)11-12-33-10-8-21(15-33)36-3)23-16-35-17-24(23)26(30)22-7-6-19(13-25(22)34)27(2,28)29/h6-7,13,20-21,30-31,34H,1,4-5,8-12,14-17H2,2-3H3/t20-,21?/m1/s1. The monoisotopic (exact) mass is 520 g/mol. The van der Waals surface area contributed by atoms with E-state index in [-0.39, 0.29) is 35.2 Å². The molecule has 0 radical (unpaired) electrons. The van der Waals surface area contributed by atoms with E-state index in [1.54, 1.807) is 0 Å². The fourth-order valence-electron chi connectivity index (χ4n) is 5.29. The lowest BCUT2D eigenvalue weighted by Crippen LogP contribution is -2.47. The predicted octanol–water partition coefficient (Wildman–Crippen LogP) is 4.20. The number of ether oxygens (including phenoxy) is 1. The zero-order valence-corrected chi connectivity index (χ0v) is 22.1. The molecule has 36 heavy (non-hydrogen) atoms. The molecule has 1 aromatic rings. The summed E-state index contributed by atoms with van der Waals surface area (Å²) in [7, 11) is 0. The van der Waals surface area contributed by atoms with Crippen LogP contribution in [0.15, 0.2) is 41.6 Å². The van der Waals surface area contributed by atoms with Crippen LogP contribution in [0.1, 0.15) is 37.3 Å². The van der Waals surface area contributed by atoms with Gasteiger partial charge < -0.3 is 25.0 Å². The number of thioether (sulfide) groups is 1. The van der Waals surface area contributed by atoms with Crippen LogP contribution >= 0.6 is 11.8 Å². The Morgan fingerprint density at radius 3 is 2.58 bits per heavy atom. The minimum Gasteiger partial charge on any atom is -0.507 e. The largest absolute Gasteiger partial charge is 0.507 e. The summed E-state index contributed by atoms with van der Waals surface area (Å²) in [5.41, 5.74) is 2.18. The molecule has 1 unspecified atom stereocenters. The summed E-state index contributed by atoms with van der Waals surface area (Å²) in [5, 5.41) is 23.4. The molecule has 1 aromatic carbocycles. The van der Waals surface area contributed by atoms with Gasteiger partial charge in [-0.2, -0.15) is 11.8 Å². The van der Waals surface area contributed by atoms with Crippen LogP contribution in [0.3, 0.4) is 0 Å². The zero-order valence-electron chi connectivity index (χ0n) is 21.3. The Bertz CT molecular complexity index is 1010. The third kappa shape index (κ3) is 6.49. The molecular formula is C27H38F2N4O2S. The molecule has 0 aromatic heterocycles. The first-order valence-corrected chi connectivity index (χ1v) is 14.0. The number of halogens is 2. The van der Waals surface area contributed by atoms with Gasteiger partial charge in [-0.05, 0) is 50.7 Å². The number of phenols is 1. The van der Waals surface area contributed by atoms with Crippen LogP contribution in [0.25, 0.3) is 0 Å². The number of likely N-dealkylation sites (tertiary alicyclic amines) is 2. The van der Waals surface area contributed by atoms with Gasteiger partial charge in [-0.15, -0.1) is 0 Å². The molecule has 0 amide bonds. The highest BCUT2D eigenvalue weighted by molar-refractivity contribution is 7.99. The second kappa shape index (κ2) is 11.6. The van der Waals surface area contributed by atoms with Gasteiger partial charge in [-0.1, -0.05) is 12.6 Å². The lowest BCUT2D eigenvalue weighted by Gasteiger charge is -2.35. The predicted molar refractivity (Wildman–Crippen MR) is 142 cm³/mol. The van der Waals surface area contributed by atoms with Gasteiger partial charge in [0.05, 0.1) is 18.9 Å². The molecule has 4 rings (SSSR count). The average Bonchev–Trinajstić information content (AvgIpc) is 3.52. The second-order valence-electron chi connectivity index (χ2n) is 10.2. The van der Waals surface area contributed by atoms with E-state index in [9.17, 15) is 13.9 Å². The minimum atomic E-state index is -3.06. The van der Waals surface area contributed by atoms with Gasteiger partial charge in [-0.25, -0.2) is 8.78 Å². The first-order valence-electron chi connectivity index (χ1n) is 12.7. The average molecular weight is 521 g/mol. The maximum atomic E-state index is 13.6. The Kier molecular flexibility index (Phi) is 8.75. The zero-order chi connectivity index (χ0) is 25.9. The van der Waals surface area contributed by atoms with E-state index in [4.69, 9.17) is 10.1 Å². The quantitative estimate of drug-likeness (QED) is 0.402. The number of rotatable bonds is 10. The summed E-state index contributed by atoms with van der Waals surface area (Å²) >= 11 is 1.97. The van der Waals surface area contributed by atoms with Gasteiger partial charge in [-0.3, -0.25) is 5.41 Å². The van der Waals surface area contributed by atoms with E-state index in [0.29, 0.717) is 12.2 Å². The van der Waals surface area contributed by atoms with Crippen molar-refractivity contribution in [3.63, 3.8) is 0 Å². The molecule has 2 saturated heterocycles. The highest BCUT2D eigenvalue weighted by atomic mass is 32.2. The van der Waals surface area contributed by atoms with Crippen LogP contribution in [-0.4, -0.2) is 90.6 Å².